The minimum absolute atomic E-state index is 0.160. The summed E-state index contributed by atoms with van der Waals surface area (Å²) in [4.78, 5) is 10.9. The Balaban J connectivity index is 2.00. The number of nitrogens with one attached hydrogen (secondary N) is 1. The second-order valence-electron chi connectivity index (χ2n) is 5.68. The normalized spacial score (nSPS) is 23.8. The van der Waals surface area contributed by atoms with Crippen LogP contribution < -0.4 is 5.32 Å². The number of aliphatic carboxylic acids is 1. The number of halogens is 2. The second-order valence-corrected chi connectivity index (χ2v) is 5.68. The zero-order chi connectivity index (χ0) is 15.4. The fourth-order valence-corrected chi connectivity index (χ4v) is 3.00. The summed E-state index contributed by atoms with van der Waals surface area (Å²) >= 11 is 0. The van der Waals surface area contributed by atoms with Gasteiger partial charge in [-0.25, -0.2) is 8.78 Å². The quantitative estimate of drug-likeness (QED) is 0.872. The van der Waals surface area contributed by atoms with Crippen molar-refractivity contribution in [3.63, 3.8) is 0 Å². The van der Waals surface area contributed by atoms with Gasteiger partial charge in [-0.3, -0.25) is 4.79 Å². The highest BCUT2D eigenvalue weighted by atomic mass is 19.1. The molecule has 21 heavy (non-hydrogen) atoms. The molecule has 2 N–H and O–H groups in total. The first-order chi connectivity index (χ1) is 10.0. The van der Waals surface area contributed by atoms with Crippen LogP contribution in [-0.4, -0.2) is 17.1 Å². The van der Waals surface area contributed by atoms with Crippen molar-refractivity contribution in [2.45, 2.75) is 51.1 Å². The van der Waals surface area contributed by atoms with Gasteiger partial charge in [0.1, 0.15) is 11.6 Å². The van der Waals surface area contributed by atoms with Crippen LogP contribution in [0.5, 0.6) is 0 Å². The summed E-state index contributed by atoms with van der Waals surface area (Å²) in [6, 6.07) is 3.42. The molecule has 1 aliphatic carbocycles. The Labute approximate surface area is 123 Å². The number of hydrogen-bond acceptors (Lipinski definition) is 2. The lowest BCUT2D eigenvalue weighted by atomic mass is 9.85. The number of benzene rings is 1. The number of carbonyl (C=O) groups is 1. The molecule has 0 radical (unpaired) electrons. The Bertz CT molecular complexity index is 499. The Morgan fingerprint density at radius 1 is 1.33 bits per heavy atom. The number of carboxylic acids is 1. The third-order valence-electron chi connectivity index (χ3n) is 4.26. The fraction of sp³-hybridized carbons (Fsp3) is 0.562. The summed E-state index contributed by atoms with van der Waals surface area (Å²) in [6.45, 7) is 1.92. The third-order valence-corrected chi connectivity index (χ3v) is 4.26. The highest BCUT2D eigenvalue weighted by molar-refractivity contribution is 5.70. The molecule has 0 spiro atoms. The van der Waals surface area contributed by atoms with E-state index in [9.17, 15) is 13.6 Å². The van der Waals surface area contributed by atoms with Crippen LogP contribution in [0, 0.1) is 17.6 Å². The van der Waals surface area contributed by atoms with Gasteiger partial charge < -0.3 is 10.4 Å². The molecule has 2 rings (SSSR count). The maximum atomic E-state index is 13.8. The van der Waals surface area contributed by atoms with Crippen molar-refractivity contribution >= 4 is 5.97 Å². The molecule has 5 heteroatoms. The Kier molecular flexibility index (Phi) is 5.28. The van der Waals surface area contributed by atoms with Crippen LogP contribution in [0.2, 0.25) is 0 Å². The van der Waals surface area contributed by atoms with Gasteiger partial charge >= 0.3 is 5.97 Å². The van der Waals surface area contributed by atoms with Crippen molar-refractivity contribution in [1.82, 2.24) is 5.32 Å². The van der Waals surface area contributed by atoms with Crippen molar-refractivity contribution in [3.8, 4) is 0 Å². The molecule has 1 saturated carbocycles. The molecule has 116 valence electrons. The lowest BCUT2D eigenvalue weighted by Gasteiger charge is -2.30. The SMILES string of the molecule is CCC(NC1CCC(C(=O)O)CC1)c1cc(F)ccc1F. The van der Waals surface area contributed by atoms with Crippen molar-refractivity contribution < 1.29 is 18.7 Å². The van der Waals surface area contributed by atoms with E-state index in [1.54, 1.807) is 0 Å². The van der Waals surface area contributed by atoms with Gasteiger partial charge in [0.05, 0.1) is 5.92 Å². The van der Waals surface area contributed by atoms with E-state index in [1.165, 1.54) is 6.07 Å². The van der Waals surface area contributed by atoms with Crippen molar-refractivity contribution in [1.29, 1.82) is 0 Å². The van der Waals surface area contributed by atoms with Gasteiger partial charge in [0, 0.05) is 17.6 Å². The molecule has 1 aromatic rings. The topological polar surface area (TPSA) is 49.3 Å². The standard InChI is InChI=1S/C16H21F2NO2/c1-2-15(13-9-11(17)5-8-14(13)18)19-12-6-3-10(4-7-12)16(20)21/h5,8-10,12,15,19H,2-4,6-7H2,1H3,(H,20,21). The first kappa shape index (κ1) is 15.9. The van der Waals surface area contributed by atoms with Crippen LogP contribution >= 0.6 is 0 Å². The van der Waals surface area contributed by atoms with Crippen LogP contribution in [0.25, 0.3) is 0 Å². The summed E-state index contributed by atoms with van der Waals surface area (Å²) in [5.74, 6) is -1.86. The van der Waals surface area contributed by atoms with E-state index in [1.807, 2.05) is 6.92 Å². The minimum Gasteiger partial charge on any atom is -0.481 e. The molecule has 0 aromatic heterocycles. The molecule has 0 bridgehead atoms. The average molecular weight is 297 g/mol. The van der Waals surface area contributed by atoms with Crippen LogP contribution in [0.15, 0.2) is 18.2 Å². The van der Waals surface area contributed by atoms with E-state index in [2.05, 4.69) is 5.32 Å². The zero-order valence-electron chi connectivity index (χ0n) is 12.1. The van der Waals surface area contributed by atoms with Gasteiger partial charge in [-0.1, -0.05) is 6.92 Å². The first-order valence-corrected chi connectivity index (χ1v) is 7.45. The predicted molar refractivity (Wildman–Crippen MR) is 75.9 cm³/mol. The molecule has 1 atom stereocenters. The van der Waals surface area contributed by atoms with Gasteiger partial charge in [0.15, 0.2) is 0 Å². The van der Waals surface area contributed by atoms with Gasteiger partial charge in [-0.15, -0.1) is 0 Å². The van der Waals surface area contributed by atoms with E-state index in [0.29, 0.717) is 24.8 Å². The smallest absolute Gasteiger partial charge is 0.306 e. The summed E-state index contributed by atoms with van der Waals surface area (Å²) < 4.78 is 27.1. The Hall–Kier alpha value is -1.49. The third kappa shape index (κ3) is 4.00. The van der Waals surface area contributed by atoms with Gasteiger partial charge in [0.2, 0.25) is 0 Å². The van der Waals surface area contributed by atoms with E-state index >= 15 is 0 Å². The van der Waals surface area contributed by atoms with Gasteiger partial charge in [-0.05, 0) is 50.3 Å². The van der Waals surface area contributed by atoms with E-state index < -0.39 is 17.6 Å². The average Bonchev–Trinajstić information content (AvgIpc) is 2.48. The molecule has 1 unspecified atom stereocenters. The van der Waals surface area contributed by atoms with Gasteiger partial charge in [-0.2, -0.15) is 0 Å². The number of hydrogen-bond donors (Lipinski definition) is 2. The summed E-state index contributed by atoms with van der Waals surface area (Å²) in [7, 11) is 0. The molecular formula is C16H21F2NO2. The highest BCUT2D eigenvalue weighted by Crippen LogP contribution is 2.28. The summed E-state index contributed by atoms with van der Waals surface area (Å²) in [5, 5.41) is 12.3. The molecule has 0 amide bonds. The summed E-state index contributed by atoms with van der Waals surface area (Å²) in [5.41, 5.74) is 0.345. The summed E-state index contributed by atoms with van der Waals surface area (Å²) in [6.07, 6.45) is 3.43. The zero-order valence-corrected chi connectivity index (χ0v) is 12.1. The lowest BCUT2D eigenvalue weighted by molar-refractivity contribution is -0.142. The fourth-order valence-electron chi connectivity index (χ4n) is 3.00. The molecule has 3 nitrogen and oxygen atoms in total. The first-order valence-electron chi connectivity index (χ1n) is 7.45. The van der Waals surface area contributed by atoms with E-state index in [-0.39, 0.29) is 18.0 Å². The maximum absolute atomic E-state index is 13.8. The molecule has 1 fully saturated rings. The minimum atomic E-state index is -0.739. The second kappa shape index (κ2) is 6.98. The van der Waals surface area contributed by atoms with E-state index in [0.717, 1.165) is 25.0 Å². The maximum Gasteiger partial charge on any atom is 0.306 e. The highest BCUT2D eigenvalue weighted by Gasteiger charge is 2.27. The van der Waals surface area contributed by atoms with Gasteiger partial charge in [0.25, 0.3) is 0 Å². The molecule has 0 aliphatic heterocycles. The molecule has 0 saturated heterocycles. The predicted octanol–water partition coefficient (Wildman–Crippen LogP) is 3.65. The molecule has 1 aromatic carbocycles. The van der Waals surface area contributed by atoms with Crippen LogP contribution in [0.1, 0.15) is 50.6 Å². The lowest BCUT2D eigenvalue weighted by Crippen LogP contribution is -2.37. The van der Waals surface area contributed by atoms with Crippen molar-refractivity contribution in [3.05, 3.63) is 35.4 Å². The Morgan fingerprint density at radius 3 is 2.57 bits per heavy atom. The Morgan fingerprint density at radius 2 is 2.00 bits per heavy atom. The number of carboxylic acid groups (broad SMARTS) is 1. The molecule has 1 aliphatic rings. The number of rotatable bonds is 5. The van der Waals surface area contributed by atoms with Crippen molar-refractivity contribution in [2.24, 2.45) is 5.92 Å². The van der Waals surface area contributed by atoms with Crippen LogP contribution in [0.3, 0.4) is 0 Å². The van der Waals surface area contributed by atoms with Crippen LogP contribution in [-0.2, 0) is 4.79 Å². The largest absolute Gasteiger partial charge is 0.481 e. The monoisotopic (exact) mass is 297 g/mol. The molecular weight excluding hydrogens is 276 g/mol. The van der Waals surface area contributed by atoms with Crippen LogP contribution in [0.4, 0.5) is 8.78 Å². The molecule has 0 heterocycles. The van der Waals surface area contributed by atoms with E-state index in [4.69, 9.17) is 5.11 Å². The van der Waals surface area contributed by atoms with Crippen molar-refractivity contribution in [2.75, 3.05) is 0 Å².